The molecule has 2 heterocycles. The van der Waals surface area contributed by atoms with Gasteiger partial charge in [0.1, 0.15) is 17.7 Å². The normalized spacial score (nSPS) is 17.8. The first kappa shape index (κ1) is 28.9. The van der Waals surface area contributed by atoms with Crippen LogP contribution >= 0.6 is 23.8 Å². The van der Waals surface area contributed by atoms with Gasteiger partial charge in [-0.05, 0) is 98.0 Å². The molecule has 2 aliphatic rings. The minimum absolute atomic E-state index is 0.0877. The monoisotopic (exact) mass is 597 g/mol. The number of amides is 2. The summed E-state index contributed by atoms with van der Waals surface area (Å²) in [6, 6.07) is 18.1. The van der Waals surface area contributed by atoms with Crippen molar-refractivity contribution in [2.24, 2.45) is 0 Å². The molecule has 2 aliphatic heterocycles. The van der Waals surface area contributed by atoms with Gasteiger partial charge in [-0.25, -0.2) is 8.78 Å². The van der Waals surface area contributed by atoms with Gasteiger partial charge in [0, 0.05) is 49.1 Å². The maximum absolute atomic E-state index is 13.6. The second kappa shape index (κ2) is 12.9. The molecule has 0 bridgehead atoms. The van der Waals surface area contributed by atoms with E-state index in [9.17, 15) is 18.4 Å². The lowest BCUT2D eigenvalue weighted by Gasteiger charge is -2.36. The first-order chi connectivity index (χ1) is 19.8. The fourth-order valence-corrected chi connectivity index (χ4v) is 5.72. The smallest absolute Gasteiger partial charge is 0.256 e. The lowest BCUT2D eigenvalue weighted by atomic mass is 10.1. The van der Waals surface area contributed by atoms with Gasteiger partial charge in [0.05, 0.1) is 12.1 Å². The number of carbonyl (C=O) groups excluding carboxylic acids is 2. The molecule has 0 aliphatic carbocycles. The number of hydrogen-bond donors (Lipinski definition) is 1. The molecule has 1 unspecified atom stereocenters. The van der Waals surface area contributed by atoms with Crippen molar-refractivity contribution in [1.29, 1.82) is 0 Å². The summed E-state index contributed by atoms with van der Waals surface area (Å²) in [5.41, 5.74) is 2.05. The van der Waals surface area contributed by atoms with Crippen LogP contribution in [-0.4, -0.2) is 72.0 Å². The third kappa shape index (κ3) is 7.01. The maximum atomic E-state index is 13.6. The Hall–Kier alpha value is -3.60. The predicted molar refractivity (Wildman–Crippen MR) is 161 cm³/mol. The van der Waals surface area contributed by atoms with Crippen LogP contribution in [0.5, 0.6) is 0 Å². The van der Waals surface area contributed by atoms with E-state index in [1.54, 1.807) is 41.3 Å². The molecule has 0 aromatic heterocycles. The van der Waals surface area contributed by atoms with Gasteiger partial charge in [0.2, 0.25) is 5.91 Å². The van der Waals surface area contributed by atoms with Crippen LogP contribution in [0.4, 0.5) is 25.8 Å². The zero-order chi connectivity index (χ0) is 28.9. The van der Waals surface area contributed by atoms with Crippen LogP contribution in [-0.2, 0) is 9.59 Å². The van der Waals surface area contributed by atoms with Gasteiger partial charge in [-0.1, -0.05) is 11.6 Å². The number of nitrogens with zero attached hydrogens (tertiary/aromatic N) is 4. The van der Waals surface area contributed by atoms with E-state index in [2.05, 4.69) is 15.1 Å². The van der Waals surface area contributed by atoms with Crippen LogP contribution in [0.3, 0.4) is 0 Å². The molecule has 5 rings (SSSR count). The number of halogens is 3. The minimum Gasteiger partial charge on any atom is -0.369 e. The Morgan fingerprint density at radius 1 is 0.854 bits per heavy atom. The second-order valence-corrected chi connectivity index (χ2v) is 10.9. The van der Waals surface area contributed by atoms with Gasteiger partial charge < -0.3 is 15.1 Å². The van der Waals surface area contributed by atoms with Crippen LogP contribution in [0.25, 0.3) is 0 Å². The third-order valence-electron chi connectivity index (χ3n) is 7.35. The van der Waals surface area contributed by atoms with Crippen molar-refractivity contribution in [2.45, 2.75) is 18.9 Å². The molecule has 2 fully saturated rings. The molecule has 0 radical (unpaired) electrons. The highest BCUT2D eigenvalue weighted by Gasteiger charge is 2.44. The largest absolute Gasteiger partial charge is 0.369 e. The summed E-state index contributed by atoms with van der Waals surface area (Å²) >= 11 is 11.7. The minimum atomic E-state index is -0.782. The molecule has 1 atom stereocenters. The summed E-state index contributed by atoms with van der Waals surface area (Å²) < 4.78 is 26.8. The van der Waals surface area contributed by atoms with Crippen molar-refractivity contribution in [3.05, 3.63) is 89.5 Å². The number of hydrogen-bond acceptors (Lipinski definition) is 5. The van der Waals surface area contributed by atoms with Gasteiger partial charge in [0.25, 0.3) is 5.91 Å². The van der Waals surface area contributed by atoms with Crippen LogP contribution in [0.1, 0.15) is 12.8 Å². The van der Waals surface area contributed by atoms with Gasteiger partial charge in [-0.3, -0.25) is 19.4 Å². The van der Waals surface area contributed by atoms with E-state index in [0.29, 0.717) is 28.1 Å². The van der Waals surface area contributed by atoms with E-state index in [1.165, 1.54) is 41.3 Å². The highest BCUT2D eigenvalue weighted by atomic mass is 35.5. The number of rotatable bonds is 9. The van der Waals surface area contributed by atoms with Crippen molar-refractivity contribution in [3.63, 3.8) is 0 Å². The summed E-state index contributed by atoms with van der Waals surface area (Å²) in [5.74, 6) is -1.30. The summed E-state index contributed by atoms with van der Waals surface area (Å²) in [7, 11) is 0. The predicted octanol–water partition coefficient (Wildman–Crippen LogP) is 5.16. The Labute approximate surface area is 248 Å². The molecule has 11 heteroatoms. The molecule has 3 aromatic carbocycles. The Bertz CT molecular complexity index is 1380. The van der Waals surface area contributed by atoms with Crippen LogP contribution in [0, 0.1) is 11.6 Å². The number of anilines is 3. The average molecular weight is 598 g/mol. The van der Waals surface area contributed by atoms with Crippen LogP contribution in [0.15, 0.2) is 72.8 Å². The molecule has 41 heavy (non-hydrogen) atoms. The van der Waals surface area contributed by atoms with Crippen molar-refractivity contribution in [1.82, 2.24) is 9.80 Å². The average Bonchev–Trinajstić information content (AvgIpc) is 3.19. The molecule has 214 valence electrons. The number of nitrogens with one attached hydrogen (secondary N) is 1. The van der Waals surface area contributed by atoms with Crippen molar-refractivity contribution < 1.29 is 18.4 Å². The summed E-state index contributed by atoms with van der Waals surface area (Å²) in [4.78, 5) is 34.3. The Kier molecular flexibility index (Phi) is 9.12. The molecule has 3 aromatic rings. The van der Waals surface area contributed by atoms with Crippen LogP contribution in [0.2, 0.25) is 5.02 Å². The van der Waals surface area contributed by atoms with Crippen molar-refractivity contribution >= 4 is 57.8 Å². The van der Waals surface area contributed by atoms with Gasteiger partial charge >= 0.3 is 0 Å². The fourth-order valence-electron chi connectivity index (χ4n) is 5.18. The Balaban J connectivity index is 1.22. The highest BCUT2D eigenvalue weighted by Crippen LogP contribution is 2.28. The van der Waals surface area contributed by atoms with Gasteiger partial charge in [-0.2, -0.15) is 0 Å². The van der Waals surface area contributed by atoms with E-state index in [1.807, 2.05) is 0 Å². The van der Waals surface area contributed by atoms with Gasteiger partial charge in [-0.15, -0.1) is 0 Å². The van der Waals surface area contributed by atoms with E-state index in [-0.39, 0.29) is 24.1 Å². The molecule has 2 amide bonds. The summed E-state index contributed by atoms with van der Waals surface area (Å²) in [6.07, 6.45) is 0.645. The summed E-state index contributed by atoms with van der Waals surface area (Å²) in [6.45, 7) is 4.66. The summed E-state index contributed by atoms with van der Waals surface area (Å²) in [5, 5.41) is 3.67. The van der Waals surface area contributed by atoms with Crippen LogP contribution < -0.4 is 15.1 Å². The molecule has 2 saturated heterocycles. The molecular weight excluding hydrogens is 568 g/mol. The van der Waals surface area contributed by atoms with Crippen molar-refractivity contribution in [2.75, 3.05) is 54.4 Å². The van der Waals surface area contributed by atoms with Crippen molar-refractivity contribution in [3.8, 4) is 0 Å². The number of benzene rings is 3. The SMILES string of the molecule is O=C(CC1C(=O)N(c2ccc(F)cc2)C(=S)N1CCCN1CCN(c2ccc(F)cc2)CC1)Nc1ccc(Cl)cc1. The molecule has 0 spiro atoms. The number of carbonyl (C=O) groups is 2. The quantitative estimate of drug-likeness (QED) is 0.344. The molecule has 0 saturated carbocycles. The molecular formula is C30H30ClF2N5O2S. The Morgan fingerprint density at radius 2 is 1.44 bits per heavy atom. The highest BCUT2D eigenvalue weighted by molar-refractivity contribution is 7.80. The number of thiocarbonyl (C=S) groups is 1. The zero-order valence-corrected chi connectivity index (χ0v) is 23.9. The first-order valence-corrected chi connectivity index (χ1v) is 14.3. The number of piperazine rings is 1. The zero-order valence-electron chi connectivity index (χ0n) is 22.3. The molecule has 1 N–H and O–H groups in total. The topological polar surface area (TPSA) is 59.1 Å². The standard InChI is InChI=1S/C30H30ClF2N5O2S/c31-21-2-8-24(9-3-21)34-28(39)20-27-29(40)38(26-12-6-23(33)7-13-26)30(41)37(27)15-1-14-35-16-18-36(19-17-35)25-10-4-22(32)5-11-25/h2-13,27H,1,14-20H2,(H,34,39). The lowest BCUT2D eigenvalue weighted by Crippen LogP contribution is -2.47. The van der Waals surface area contributed by atoms with E-state index < -0.39 is 11.9 Å². The first-order valence-electron chi connectivity index (χ1n) is 13.5. The van der Waals surface area contributed by atoms with E-state index in [0.717, 1.165) is 44.8 Å². The molecule has 7 nitrogen and oxygen atoms in total. The third-order valence-corrected chi connectivity index (χ3v) is 8.02. The van der Waals surface area contributed by atoms with Gasteiger partial charge in [0.15, 0.2) is 5.11 Å². The lowest BCUT2D eigenvalue weighted by molar-refractivity contribution is -0.124. The fraction of sp³-hybridized carbons (Fsp3) is 0.300. The van der Waals surface area contributed by atoms with E-state index >= 15 is 0 Å². The van der Waals surface area contributed by atoms with E-state index in [4.69, 9.17) is 23.8 Å². The second-order valence-electron chi connectivity index (χ2n) is 10.1. The Morgan fingerprint density at radius 3 is 2.05 bits per heavy atom. The maximum Gasteiger partial charge on any atom is 0.256 e.